The molecule has 6 nitrogen and oxygen atoms in total. The lowest BCUT2D eigenvalue weighted by Crippen LogP contribution is -2.42. The summed E-state index contributed by atoms with van der Waals surface area (Å²) in [7, 11) is -3.04. The molecule has 1 N–H and O–H groups in total. The predicted molar refractivity (Wildman–Crippen MR) is 123 cm³/mol. The number of hydrogen-bond acceptors (Lipinski definition) is 6. The molecule has 0 saturated carbocycles. The van der Waals surface area contributed by atoms with Crippen LogP contribution in [0, 0.1) is 0 Å². The van der Waals surface area contributed by atoms with E-state index in [4.69, 9.17) is 21.1 Å². The predicted octanol–water partition coefficient (Wildman–Crippen LogP) is 3.56. The van der Waals surface area contributed by atoms with Crippen molar-refractivity contribution in [3.63, 3.8) is 0 Å². The number of aliphatic hydroxyl groups excluding tert-OH is 1. The Kier molecular flexibility index (Phi) is 8.60. The van der Waals surface area contributed by atoms with Crippen LogP contribution in [0.4, 0.5) is 0 Å². The van der Waals surface area contributed by atoms with E-state index in [1.807, 2.05) is 41.3 Å². The van der Waals surface area contributed by atoms with Gasteiger partial charge in [-0.1, -0.05) is 42.8 Å². The summed E-state index contributed by atoms with van der Waals surface area (Å²) in [6, 6.07) is 14.8. The standard InChI is InChI=1S/C23H30ClNO5S/c1-2-12-29-21-9-7-18(8-10-21)14-25(19-11-13-31(27,28)17-19)15-20(26)16-30-23-6-4-3-5-22(23)24/h3-10,19-20,26H,2,11-17H2,1H3. The van der Waals surface area contributed by atoms with Crippen LogP contribution in [0.1, 0.15) is 25.3 Å². The molecule has 31 heavy (non-hydrogen) atoms. The molecular formula is C23H30ClNO5S. The van der Waals surface area contributed by atoms with Crippen LogP contribution in [-0.4, -0.2) is 61.8 Å². The number of ether oxygens (including phenoxy) is 2. The minimum Gasteiger partial charge on any atom is -0.494 e. The molecule has 8 heteroatoms. The second-order valence-corrected chi connectivity index (χ2v) is 10.5. The molecule has 2 unspecified atom stereocenters. The van der Waals surface area contributed by atoms with E-state index in [2.05, 4.69) is 6.92 Å². The van der Waals surface area contributed by atoms with Gasteiger partial charge in [-0.2, -0.15) is 0 Å². The Hall–Kier alpha value is -1.80. The Morgan fingerprint density at radius 2 is 1.90 bits per heavy atom. The van der Waals surface area contributed by atoms with Crippen molar-refractivity contribution in [1.82, 2.24) is 4.90 Å². The number of para-hydroxylation sites is 1. The Morgan fingerprint density at radius 1 is 1.16 bits per heavy atom. The number of sulfone groups is 1. The Labute approximate surface area is 189 Å². The van der Waals surface area contributed by atoms with Crippen molar-refractivity contribution in [2.45, 2.75) is 38.5 Å². The van der Waals surface area contributed by atoms with Gasteiger partial charge in [0.1, 0.15) is 24.2 Å². The summed E-state index contributed by atoms with van der Waals surface area (Å²) < 4.78 is 35.4. The molecule has 2 atom stereocenters. The van der Waals surface area contributed by atoms with E-state index in [9.17, 15) is 13.5 Å². The molecule has 1 aliphatic heterocycles. The summed E-state index contributed by atoms with van der Waals surface area (Å²) in [6.07, 6.45) is 0.726. The van der Waals surface area contributed by atoms with E-state index in [0.717, 1.165) is 17.7 Å². The zero-order valence-electron chi connectivity index (χ0n) is 17.7. The second kappa shape index (κ2) is 11.2. The average molecular weight is 468 g/mol. The van der Waals surface area contributed by atoms with Crippen LogP contribution < -0.4 is 9.47 Å². The van der Waals surface area contributed by atoms with Gasteiger partial charge in [-0.15, -0.1) is 0 Å². The SMILES string of the molecule is CCCOc1ccc(CN(CC(O)COc2ccccc2Cl)C2CCS(=O)(=O)C2)cc1. The highest BCUT2D eigenvalue weighted by atomic mass is 35.5. The van der Waals surface area contributed by atoms with Gasteiger partial charge in [0, 0.05) is 19.1 Å². The second-order valence-electron chi connectivity index (χ2n) is 7.87. The van der Waals surface area contributed by atoms with E-state index in [1.54, 1.807) is 12.1 Å². The van der Waals surface area contributed by atoms with Crippen LogP contribution in [0.5, 0.6) is 11.5 Å². The van der Waals surface area contributed by atoms with Crippen LogP contribution in [0.25, 0.3) is 0 Å². The molecule has 0 aromatic heterocycles. The van der Waals surface area contributed by atoms with Crippen LogP contribution in [0.15, 0.2) is 48.5 Å². The number of benzene rings is 2. The maximum atomic E-state index is 12.0. The zero-order valence-corrected chi connectivity index (χ0v) is 19.3. The summed E-state index contributed by atoms with van der Waals surface area (Å²) >= 11 is 6.11. The topological polar surface area (TPSA) is 76.1 Å². The first kappa shape index (κ1) is 23.9. The van der Waals surface area contributed by atoms with Crippen LogP contribution in [0.2, 0.25) is 5.02 Å². The summed E-state index contributed by atoms with van der Waals surface area (Å²) in [4.78, 5) is 2.03. The van der Waals surface area contributed by atoms with Crippen molar-refractivity contribution in [3.05, 3.63) is 59.1 Å². The lowest BCUT2D eigenvalue weighted by atomic mass is 10.1. The molecule has 0 aliphatic carbocycles. The van der Waals surface area contributed by atoms with E-state index in [1.165, 1.54) is 0 Å². The third-order valence-electron chi connectivity index (χ3n) is 5.22. The van der Waals surface area contributed by atoms with Gasteiger partial charge in [-0.25, -0.2) is 8.42 Å². The fourth-order valence-corrected chi connectivity index (χ4v) is 5.57. The van der Waals surface area contributed by atoms with Crippen LogP contribution >= 0.6 is 11.6 Å². The molecule has 2 aromatic carbocycles. The molecule has 2 aromatic rings. The van der Waals surface area contributed by atoms with Crippen LogP contribution in [-0.2, 0) is 16.4 Å². The highest BCUT2D eigenvalue weighted by Crippen LogP contribution is 2.24. The number of rotatable bonds is 11. The minimum absolute atomic E-state index is 0.0729. The van der Waals surface area contributed by atoms with Gasteiger partial charge in [0.2, 0.25) is 0 Å². The van der Waals surface area contributed by atoms with Crippen molar-refractivity contribution in [1.29, 1.82) is 0 Å². The molecule has 1 fully saturated rings. The molecule has 0 amide bonds. The summed E-state index contributed by atoms with van der Waals surface area (Å²) in [5.74, 6) is 1.63. The minimum atomic E-state index is -3.04. The summed E-state index contributed by atoms with van der Waals surface area (Å²) in [5.41, 5.74) is 1.03. The molecule has 1 saturated heterocycles. The van der Waals surface area contributed by atoms with Gasteiger partial charge in [0.05, 0.1) is 23.1 Å². The van der Waals surface area contributed by atoms with Gasteiger partial charge in [-0.05, 0) is 42.7 Å². The average Bonchev–Trinajstić information content (AvgIpc) is 3.12. The first-order valence-corrected chi connectivity index (χ1v) is 12.8. The number of aliphatic hydroxyl groups is 1. The molecule has 170 valence electrons. The first-order valence-electron chi connectivity index (χ1n) is 10.6. The van der Waals surface area contributed by atoms with Crippen molar-refractivity contribution < 1.29 is 23.0 Å². The summed E-state index contributed by atoms with van der Waals surface area (Å²) in [6.45, 7) is 3.64. The smallest absolute Gasteiger partial charge is 0.151 e. The highest BCUT2D eigenvalue weighted by molar-refractivity contribution is 7.91. The van der Waals surface area contributed by atoms with Crippen molar-refractivity contribution >= 4 is 21.4 Å². The lowest BCUT2D eigenvalue weighted by Gasteiger charge is -2.30. The van der Waals surface area contributed by atoms with Gasteiger partial charge in [0.25, 0.3) is 0 Å². The fourth-order valence-electron chi connectivity index (χ4n) is 3.62. The molecule has 0 spiro atoms. The van der Waals surface area contributed by atoms with Crippen molar-refractivity contribution in [3.8, 4) is 11.5 Å². The molecule has 0 bridgehead atoms. The number of hydrogen-bond donors (Lipinski definition) is 1. The normalized spacial score (nSPS) is 18.8. The molecule has 3 rings (SSSR count). The van der Waals surface area contributed by atoms with Gasteiger partial charge >= 0.3 is 0 Å². The molecule has 1 heterocycles. The third-order valence-corrected chi connectivity index (χ3v) is 7.28. The summed E-state index contributed by atoms with van der Waals surface area (Å²) in [5, 5.41) is 11.1. The molecule has 1 aliphatic rings. The van der Waals surface area contributed by atoms with E-state index >= 15 is 0 Å². The largest absolute Gasteiger partial charge is 0.494 e. The van der Waals surface area contributed by atoms with Crippen LogP contribution in [0.3, 0.4) is 0 Å². The monoisotopic (exact) mass is 467 g/mol. The van der Waals surface area contributed by atoms with Gasteiger partial charge < -0.3 is 14.6 Å². The van der Waals surface area contributed by atoms with Crippen molar-refractivity contribution in [2.75, 3.05) is 31.3 Å². The fraction of sp³-hybridized carbons (Fsp3) is 0.478. The first-order chi connectivity index (χ1) is 14.9. The zero-order chi connectivity index (χ0) is 22.3. The van der Waals surface area contributed by atoms with E-state index in [0.29, 0.717) is 36.9 Å². The highest BCUT2D eigenvalue weighted by Gasteiger charge is 2.33. The lowest BCUT2D eigenvalue weighted by molar-refractivity contribution is 0.0525. The van der Waals surface area contributed by atoms with Gasteiger partial charge in [-0.3, -0.25) is 4.90 Å². The number of halogens is 1. The molecular weight excluding hydrogens is 438 g/mol. The maximum Gasteiger partial charge on any atom is 0.151 e. The Balaban J connectivity index is 1.64. The van der Waals surface area contributed by atoms with E-state index in [-0.39, 0.29) is 24.2 Å². The quantitative estimate of drug-likeness (QED) is 0.544. The number of nitrogens with zero attached hydrogens (tertiary/aromatic N) is 1. The molecule has 0 radical (unpaired) electrons. The van der Waals surface area contributed by atoms with E-state index < -0.39 is 15.9 Å². The Bertz CT molecular complexity index is 935. The Morgan fingerprint density at radius 3 is 2.55 bits per heavy atom. The van der Waals surface area contributed by atoms with Gasteiger partial charge in [0.15, 0.2) is 9.84 Å². The van der Waals surface area contributed by atoms with Crippen molar-refractivity contribution in [2.24, 2.45) is 0 Å². The maximum absolute atomic E-state index is 12.0. The third kappa shape index (κ3) is 7.38.